The maximum absolute atomic E-state index is 6.06. The monoisotopic (exact) mass is 284 g/mol. The maximum Gasteiger partial charge on any atom is 0.318 e. The second-order valence-corrected chi connectivity index (χ2v) is 5.58. The zero-order chi connectivity index (χ0) is 13.8. The minimum atomic E-state index is 0.335. The Morgan fingerprint density at radius 1 is 1.58 bits per heavy atom. The van der Waals surface area contributed by atoms with Crippen LogP contribution in [0.2, 0.25) is 5.02 Å². The molecule has 19 heavy (non-hydrogen) atoms. The van der Waals surface area contributed by atoms with Crippen molar-refractivity contribution in [2.75, 3.05) is 32.1 Å². The molecule has 6 heteroatoms. The van der Waals surface area contributed by atoms with Crippen LogP contribution in [0.5, 0.6) is 6.01 Å². The molecule has 5 nitrogen and oxygen atoms in total. The van der Waals surface area contributed by atoms with E-state index in [4.69, 9.17) is 16.3 Å². The van der Waals surface area contributed by atoms with Gasteiger partial charge in [-0.15, -0.1) is 0 Å². The number of hydrogen-bond donors (Lipinski definition) is 1. The van der Waals surface area contributed by atoms with Crippen molar-refractivity contribution < 1.29 is 4.74 Å². The molecule has 0 bridgehead atoms. The van der Waals surface area contributed by atoms with Crippen LogP contribution < -0.4 is 10.1 Å². The van der Waals surface area contributed by atoms with Crippen LogP contribution in [0.15, 0.2) is 6.20 Å². The highest BCUT2D eigenvalue weighted by molar-refractivity contribution is 6.32. The Morgan fingerprint density at radius 3 is 3.00 bits per heavy atom. The topological polar surface area (TPSA) is 50.3 Å². The number of methoxy groups -OCH3 is 1. The van der Waals surface area contributed by atoms with Crippen LogP contribution in [-0.2, 0) is 0 Å². The Morgan fingerprint density at radius 2 is 2.37 bits per heavy atom. The standard InChI is InChI=1S/C13H21ClN4O/c1-9(2)18-5-4-10(8-18)6-15-12-11(14)7-16-13(17-12)19-3/h7,9-10H,4-6,8H2,1-3H3,(H,15,16,17). The number of anilines is 1. The van der Waals surface area contributed by atoms with E-state index in [2.05, 4.69) is 34.0 Å². The first-order chi connectivity index (χ1) is 9.10. The van der Waals surface area contributed by atoms with Gasteiger partial charge in [-0.1, -0.05) is 11.6 Å². The summed E-state index contributed by atoms with van der Waals surface area (Å²) in [5.41, 5.74) is 0. The Hall–Kier alpha value is -1.07. The fourth-order valence-electron chi connectivity index (χ4n) is 2.31. The lowest BCUT2D eigenvalue weighted by molar-refractivity contribution is 0.266. The molecule has 0 radical (unpaired) electrons. The van der Waals surface area contributed by atoms with E-state index in [0.717, 1.165) is 13.1 Å². The first-order valence-corrected chi connectivity index (χ1v) is 7.02. The molecular weight excluding hydrogens is 264 g/mol. The number of nitrogens with one attached hydrogen (secondary N) is 1. The van der Waals surface area contributed by atoms with Gasteiger partial charge in [-0.05, 0) is 32.7 Å². The average molecular weight is 285 g/mol. The summed E-state index contributed by atoms with van der Waals surface area (Å²) < 4.78 is 5.00. The smallest absolute Gasteiger partial charge is 0.318 e. The van der Waals surface area contributed by atoms with Crippen molar-refractivity contribution in [2.24, 2.45) is 5.92 Å². The Kier molecular flexibility index (Phi) is 4.82. The second-order valence-electron chi connectivity index (χ2n) is 5.18. The van der Waals surface area contributed by atoms with E-state index in [9.17, 15) is 0 Å². The highest BCUT2D eigenvalue weighted by Crippen LogP contribution is 2.23. The lowest BCUT2D eigenvalue weighted by Crippen LogP contribution is -2.29. The van der Waals surface area contributed by atoms with Crippen molar-refractivity contribution in [3.63, 3.8) is 0 Å². The fraction of sp³-hybridized carbons (Fsp3) is 0.692. The Labute approximate surface area is 119 Å². The fourth-order valence-corrected chi connectivity index (χ4v) is 2.47. The summed E-state index contributed by atoms with van der Waals surface area (Å²) in [5.74, 6) is 1.29. The molecule has 1 unspecified atom stereocenters. The molecule has 0 aliphatic carbocycles. The van der Waals surface area contributed by atoms with Gasteiger partial charge < -0.3 is 15.0 Å². The third kappa shape index (κ3) is 3.70. The van der Waals surface area contributed by atoms with Crippen molar-refractivity contribution in [3.8, 4) is 6.01 Å². The van der Waals surface area contributed by atoms with Gasteiger partial charge in [0.1, 0.15) is 5.02 Å². The number of rotatable bonds is 5. The number of likely N-dealkylation sites (tertiary alicyclic amines) is 1. The molecule has 1 atom stereocenters. The molecule has 0 spiro atoms. The van der Waals surface area contributed by atoms with Gasteiger partial charge >= 0.3 is 6.01 Å². The molecule has 2 rings (SSSR count). The van der Waals surface area contributed by atoms with Gasteiger partial charge in [0, 0.05) is 19.1 Å². The first-order valence-electron chi connectivity index (χ1n) is 6.64. The van der Waals surface area contributed by atoms with Crippen LogP contribution in [0.25, 0.3) is 0 Å². The van der Waals surface area contributed by atoms with Crippen molar-refractivity contribution in [1.29, 1.82) is 0 Å². The highest BCUT2D eigenvalue weighted by atomic mass is 35.5. The number of halogens is 1. The minimum absolute atomic E-state index is 0.335. The third-order valence-electron chi connectivity index (χ3n) is 3.51. The molecule has 106 valence electrons. The summed E-state index contributed by atoms with van der Waals surface area (Å²) in [7, 11) is 1.55. The first kappa shape index (κ1) is 14.3. The van der Waals surface area contributed by atoms with Gasteiger partial charge in [0.2, 0.25) is 0 Å². The number of hydrogen-bond acceptors (Lipinski definition) is 5. The van der Waals surface area contributed by atoms with E-state index in [-0.39, 0.29) is 0 Å². The summed E-state index contributed by atoms with van der Waals surface area (Å²) in [6, 6.07) is 0.954. The molecule has 2 heterocycles. The van der Waals surface area contributed by atoms with Crippen molar-refractivity contribution in [2.45, 2.75) is 26.3 Å². The number of nitrogens with zero attached hydrogens (tertiary/aromatic N) is 3. The predicted octanol–water partition coefficient (Wildman–Crippen LogP) is 2.28. The maximum atomic E-state index is 6.06. The molecular formula is C13H21ClN4O. The molecule has 0 saturated carbocycles. The summed E-state index contributed by atoms with van der Waals surface area (Å²) in [6.45, 7) is 7.66. The van der Waals surface area contributed by atoms with Gasteiger partial charge in [0.15, 0.2) is 5.82 Å². The average Bonchev–Trinajstić information content (AvgIpc) is 2.87. The molecule has 1 aromatic rings. The highest BCUT2D eigenvalue weighted by Gasteiger charge is 2.24. The van der Waals surface area contributed by atoms with E-state index in [1.807, 2.05) is 0 Å². The van der Waals surface area contributed by atoms with Crippen LogP contribution in [0.4, 0.5) is 5.82 Å². The lowest BCUT2D eigenvalue weighted by Gasteiger charge is -2.20. The number of ether oxygens (including phenoxy) is 1. The predicted molar refractivity (Wildman–Crippen MR) is 76.9 cm³/mol. The van der Waals surface area contributed by atoms with E-state index in [1.54, 1.807) is 13.3 Å². The summed E-state index contributed by atoms with van der Waals surface area (Å²) >= 11 is 6.06. The molecule has 1 saturated heterocycles. The minimum Gasteiger partial charge on any atom is -0.467 e. The summed E-state index contributed by atoms with van der Waals surface area (Å²) in [4.78, 5) is 10.7. The largest absolute Gasteiger partial charge is 0.467 e. The second kappa shape index (κ2) is 6.39. The van der Waals surface area contributed by atoms with Gasteiger partial charge in [-0.3, -0.25) is 0 Å². The van der Waals surface area contributed by atoms with Crippen LogP contribution in [0.3, 0.4) is 0 Å². The summed E-state index contributed by atoms with van der Waals surface area (Å²) in [5, 5.41) is 3.83. The SMILES string of the molecule is COc1ncc(Cl)c(NCC2CCN(C(C)C)C2)n1. The molecule has 0 aromatic carbocycles. The quantitative estimate of drug-likeness (QED) is 0.899. The number of aromatic nitrogens is 2. The zero-order valence-corrected chi connectivity index (χ0v) is 12.4. The van der Waals surface area contributed by atoms with E-state index < -0.39 is 0 Å². The summed E-state index contributed by atoms with van der Waals surface area (Å²) in [6.07, 6.45) is 2.77. The molecule has 1 aliphatic rings. The van der Waals surface area contributed by atoms with Crippen LogP contribution in [0, 0.1) is 5.92 Å². The van der Waals surface area contributed by atoms with Crippen LogP contribution >= 0.6 is 11.6 Å². The Bertz CT molecular complexity index is 427. The molecule has 1 N–H and O–H groups in total. The van der Waals surface area contributed by atoms with Crippen LogP contribution in [0.1, 0.15) is 20.3 Å². The molecule has 1 aromatic heterocycles. The van der Waals surface area contributed by atoms with Gasteiger partial charge in [0.25, 0.3) is 0 Å². The van der Waals surface area contributed by atoms with E-state index in [1.165, 1.54) is 13.0 Å². The van der Waals surface area contributed by atoms with Crippen molar-refractivity contribution in [3.05, 3.63) is 11.2 Å². The van der Waals surface area contributed by atoms with E-state index >= 15 is 0 Å². The molecule has 1 fully saturated rings. The van der Waals surface area contributed by atoms with Gasteiger partial charge in [-0.2, -0.15) is 4.98 Å². The van der Waals surface area contributed by atoms with E-state index in [0.29, 0.717) is 28.8 Å². The normalized spacial score (nSPS) is 19.9. The molecule has 0 amide bonds. The zero-order valence-electron chi connectivity index (χ0n) is 11.7. The third-order valence-corrected chi connectivity index (χ3v) is 3.79. The van der Waals surface area contributed by atoms with Crippen molar-refractivity contribution >= 4 is 17.4 Å². The van der Waals surface area contributed by atoms with Gasteiger partial charge in [0.05, 0.1) is 13.3 Å². The molecule has 1 aliphatic heterocycles. The van der Waals surface area contributed by atoms with Crippen molar-refractivity contribution in [1.82, 2.24) is 14.9 Å². The van der Waals surface area contributed by atoms with Gasteiger partial charge in [-0.25, -0.2) is 4.98 Å². The van der Waals surface area contributed by atoms with Crippen LogP contribution in [-0.4, -0.2) is 47.7 Å². The Balaban J connectivity index is 1.89. The lowest BCUT2D eigenvalue weighted by atomic mass is 10.1.